The number of nitroso groups, excluding NO2 is 1. The third-order valence-corrected chi connectivity index (χ3v) is 4.30. The maximum absolute atomic E-state index is 11.8. The van der Waals surface area contributed by atoms with Gasteiger partial charge in [-0.05, 0) is 22.8 Å². The van der Waals surface area contributed by atoms with Crippen molar-refractivity contribution in [1.29, 1.82) is 0 Å². The summed E-state index contributed by atoms with van der Waals surface area (Å²) in [7, 11) is 0. The number of carboxylic acids is 1. The predicted octanol–water partition coefficient (Wildman–Crippen LogP) is 3.02. The number of carbonyl (C=O) groups is 1. The Morgan fingerprint density at radius 3 is 2.67 bits per heavy atom. The zero-order valence-corrected chi connectivity index (χ0v) is 11.7. The van der Waals surface area contributed by atoms with Crippen LogP contribution < -0.4 is 0 Å². The summed E-state index contributed by atoms with van der Waals surface area (Å²) in [6.45, 7) is 0.451. The second-order valence-corrected chi connectivity index (χ2v) is 5.68. The number of fused-ring (bicyclic) bond motifs is 1. The first kappa shape index (κ1) is 13.7. The summed E-state index contributed by atoms with van der Waals surface area (Å²) in [5, 5.41) is 11.7. The van der Waals surface area contributed by atoms with Crippen LogP contribution in [0.2, 0.25) is 0 Å². The van der Waals surface area contributed by atoms with Crippen molar-refractivity contribution >= 4 is 16.7 Å². The first-order valence-electron chi connectivity index (χ1n) is 7.29. The Hall–Kier alpha value is -2.23. The molecule has 4 heteroatoms. The SMILES string of the molecule is O=C(O)C(Cc1ccc2ccccc2c1)[C@H]1CCC[N+]1=O. The third-order valence-electron chi connectivity index (χ3n) is 4.30. The Labute approximate surface area is 123 Å². The molecule has 1 aliphatic heterocycles. The minimum absolute atomic E-state index is 0.394. The zero-order chi connectivity index (χ0) is 14.8. The molecule has 108 valence electrons. The highest BCUT2D eigenvalue weighted by molar-refractivity contribution is 5.83. The van der Waals surface area contributed by atoms with Gasteiger partial charge in [0.2, 0.25) is 6.04 Å². The van der Waals surface area contributed by atoms with E-state index in [1.165, 1.54) is 0 Å². The van der Waals surface area contributed by atoms with Crippen LogP contribution in [-0.4, -0.2) is 28.4 Å². The maximum atomic E-state index is 11.8. The van der Waals surface area contributed by atoms with Gasteiger partial charge in [-0.25, -0.2) is 0 Å². The zero-order valence-electron chi connectivity index (χ0n) is 11.7. The van der Waals surface area contributed by atoms with Gasteiger partial charge in [0.1, 0.15) is 5.92 Å². The third kappa shape index (κ3) is 2.79. The molecule has 0 aromatic heterocycles. The Balaban J connectivity index is 1.87. The summed E-state index contributed by atoms with van der Waals surface area (Å²) < 4.78 is 0.944. The lowest BCUT2D eigenvalue weighted by Crippen LogP contribution is -2.34. The van der Waals surface area contributed by atoms with Crippen molar-refractivity contribution in [2.75, 3.05) is 6.54 Å². The molecule has 2 atom stereocenters. The van der Waals surface area contributed by atoms with Gasteiger partial charge in [0.15, 0.2) is 6.54 Å². The molecule has 1 heterocycles. The van der Waals surface area contributed by atoms with Crippen molar-refractivity contribution in [3.8, 4) is 0 Å². The van der Waals surface area contributed by atoms with E-state index in [1.807, 2.05) is 42.5 Å². The molecule has 4 nitrogen and oxygen atoms in total. The maximum Gasteiger partial charge on any atom is 0.313 e. The molecule has 0 amide bonds. The average molecular weight is 284 g/mol. The largest absolute Gasteiger partial charge is 0.481 e. The summed E-state index contributed by atoms with van der Waals surface area (Å²) in [5.41, 5.74) is 0.974. The highest BCUT2D eigenvalue weighted by Gasteiger charge is 2.42. The molecule has 1 aliphatic rings. The summed E-state index contributed by atoms with van der Waals surface area (Å²) in [6.07, 6.45) is 1.87. The van der Waals surface area contributed by atoms with E-state index in [0.717, 1.165) is 27.5 Å². The van der Waals surface area contributed by atoms with Crippen LogP contribution in [0.5, 0.6) is 0 Å². The molecule has 1 unspecified atom stereocenters. The normalized spacial score (nSPS) is 19.8. The lowest BCUT2D eigenvalue weighted by Gasteiger charge is -2.13. The van der Waals surface area contributed by atoms with E-state index < -0.39 is 17.9 Å². The molecular formula is C17H18NO3+. The minimum Gasteiger partial charge on any atom is -0.481 e. The summed E-state index contributed by atoms with van der Waals surface area (Å²) in [6, 6.07) is 13.6. The number of rotatable bonds is 4. The number of carboxylic acid groups (broad SMARTS) is 1. The van der Waals surface area contributed by atoms with E-state index >= 15 is 0 Å². The van der Waals surface area contributed by atoms with E-state index in [2.05, 4.69) is 0 Å². The Kier molecular flexibility index (Phi) is 3.69. The summed E-state index contributed by atoms with van der Waals surface area (Å²) in [5.74, 6) is -1.51. The monoisotopic (exact) mass is 284 g/mol. The lowest BCUT2D eigenvalue weighted by atomic mass is 9.90. The van der Waals surface area contributed by atoms with Crippen LogP contribution in [0.4, 0.5) is 0 Å². The quantitative estimate of drug-likeness (QED) is 0.878. The molecule has 0 bridgehead atoms. The van der Waals surface area contributed by atoms with Crippen LogP contribution in [0, 0.1) is 10.8 Å². The van der Waals surface area contributed by atoms with Gasteiger partial charge < -0.3 is 5.11 Å². The first-order chi connectivity index (χ1) is 10.1. The van der Waals surface area contributed by atoms with Gasteiger partial charge in [0.25, 0.3) is 0 Å². The molecule has 1 saturated heterocycles. The van der Waals surface area contributed by atoms with Gasteiger partial charge in [-0.1, -0.05) is 42.5 Å². The Morgan fingerprint density at radius 2 is 2.00 bits per heavy atom. The summed E-state index contributed by atoms with van der Waals surface area (Å²) >= 11 is 0. The van der Waals surface area contributed by atoms with Crippen LogP contribution in [0.3, 0.4) is 0 Å². The Bertz CT molecular complexity index is 695. The molecule has 0 spiro atoms. The van der Waals surface area contributed by atoms with E-state index in [9.17, 15) is 14.8 Å². The number of hydrogen-bond acceptors (Lipinski definition) is 2. The Morgan fingerprint density at radius 1 is 1.24 bits per heavy atom. The molecule has 0 saturated carbocycles. The topological polar surface area (TPSA) is 57.4 Å². The van der Waals surface area contributed by atoms with Crippen LogP contribution in [0.1, 0.15) is 18.4 Å². The van der Waals surface area contributed by atoms with Crippen molar-refractivity contribution < 1.29 is 14.7 Å². The minimum atomic E-state index is -0.879. The van der Waals surface area contributed by atoms with E-state index in [1.54, 1.807) is 0 Å². The van der Waals surface area contributed by atoms with Crippen LogP contribution in [-0.2, 0) is 11.2 Å². The molecular weight excluding hydrogens is 266 g/mol. The van der Waals surface area contributed by atoms with Crippen LogP contribution in [0.15, 0.2) is 42.5 Å². The molecule has 2 aromatic rings. The van der Waals surface area contributed by atoms with E-state index in [-0.39, 0.29) is 0 Å². The second kappa shape index (κ2) is 5.64. The van der Waals surface area contributed by atoms with Crippen molar-refractivity contribution in [3.05, 3.63) is 52.9 Å². The highest BCUT2D eigenvalue weighted by atomic mass is 16.4. The van der Waals surface area contributed by atoms with Gasteiger partial charge >= 0.3 is 5.97 Å². The molecule has 2 aromatic carbocycles. The number of aliphatic carboxylic acids is 1. The number of nitrogens with zero attached hydrogens (tertiary/aromatic N) is 1. The van der Waals surface area contributed by atoms with Gasteiger partial charge in [0, 0.05) is 22.5 Å². The highest BCUT2D eigenvalue weighted by Crippen LogP contribution is 2.25. The van der Waals surface area contributed by atoms with Crippen molar-refractivity contribution in [1.82, 2.24) is 0 Å². The fourth-order valence-corrected chi connectivity index (χ4v) is 3.18. The van der Waals surface area contributed by atoms with Crippen LogP contribution in [0.25, 0.3) is 10.8 Å². The number of hydrogen-bond donors (Lipinski definition) is 1. The van der Waals surface area contributed by atoms with Crippen molar-refractivity contribution in [2.24, 2.45) is 5.92 Å². The van der Waals surface area contributed by atoms with Gasteiger partial charge in [-0.3, -0.25) is 4.79 Å². The fourth-order valence-electron chi connectivity index (χ4n) is 3.18. The molecule has 21 heavy (non-hydrogen) atoms. The molecule has 1 N–H and O–H groups in total. The van der Waals surface area contributed by atoms with Gasteiger partial charge in [0.05, 0.1) is 0 Å². The predicted molar refractivity (Wildman–Crippen MR) is 80.3 cm³/mol. The van der Waals surface area contributed by atoms with Crippen molar-refractivity contribution in [2.45, 2.75) is 25.3 Å². The van der Waals surface area contributed by atoms with Crippen LogP contribution >= 0.6 is 0 Å². The van der Waals surface area contributed by atoms with Gasteiger partial charge in [-0.2, -0.15) is 0 Å². The van der Waals surface area contributed by atoms with E-state index in [0.29, 0.717) is 19.4 Å². The van der Waals surface area contributed by atoms with Crippen molar-refractivity contribution in [3.63, 3.8) is 0 Å². The molecule has 0 radical (unpaired) electrons. The molecule has 3 rings (SSSR count). The lowest BCUT2D eigenvalue weighted by molar-refractivity contribution is -0.570. The second-order valence-electron chi connectivity index (χ2n) is 5.68. The smallest absolute Gasteiger partial charge is 0.313 e. The summed E-state index contributed by atoms with van der Waals surface area (Å²) in [4.78, 5) is 23.3. The number of benzene rings is 2. The fraction of sp³-hybridized carbons (Fsp3) is 0.353. The first-order valence-corrected chi connectivity index (χ1v) is 7.29. The van der Waals surface area contributed by atoms with Gasteiger partial charge in [-0.15, -0.1) is 0 Å². The molecule has 0 aliphatic carbocycles. The average Bonchev–Trinajstić information content (AvgIpc) is 2.90. The van der Waals surface area contributed by atoms with E-state index in [4.69, 9.17) is 0 Å². The standard InChI is InChI=1S/C17H17NO3/c19-17(20)15(16-6-3-9-18(16)21)11-12-7-8-13-4-1-2-5-14(13)10-12/h1-2,4-5,7-8,10,15-16H,3,6,9,11H2/p+1/t15?,16-/m1/s1. The molecule has 1 fully saturated rings.